The molecular formula is C26H26ClNO3. The monoisotopic (exact) mass is 435 g/mol. The average Bonchev–Trinajstić information content (AvgIpc) is 3.06. The topological polar surface area (TPSA) is 55.7 Å². The second kappa shape index (κ2) is 7.90. The molecule has 4 aliphatic carbocycles. The van der Waals surface area contributed by atoms with Crippen LogP contribution in [-0.2, 0) is 20.8 Å². The Morgan fingerprint density at radius 2 is 1.71 bits per heavy atom. The molecule has 0 aromatic heterocycles. The highest BCUT2D eigenvalue weighted by Crippen LogP contribution is 2.55. The maximum Gasteiger partial charge on any atom is 0.152 e. The third-order valence-corrected chi connectivity index (χ3v) is 7.78. The minimum Gasteiger partial charge on any atom is -0.399 e. The Kier molecular flexibility index (Phi) is 5.21. The summed E-state index contributed by atoms with van der Waals surface area (Å²) in [6.45, 7) is 2.07. The molecule has 1 unspecified atom stereocenters. The summed E-state index contributed by atoms with van der Waals surface area (Å²) in [4.78, 5) is 32.4. The zero-order valence-corrected chi connectivity index (χ0v) is 18.6. The second-order valence-electron chi connectivity index (χ2n) is 8.98. The highest BCUT2D eigenvalue weighted by molar-refractivity contribution is 6.30. The van der Waals surface area contributed by atoms with E-state index in [0.717, 1.165) is 53.6 Å². The number of halogens is 1. The van der Waals surface area contributed by atoms with Crippen molar-refractivity contribution in [3.63, 3.8) is 0 Å². The number of hydrogen-bond acceptors (Lipinski definition) is 4. The van der Waals surface area contributed by atoms with Crippen molar-refractivity contribution < 1.29 is 14.4 Å². The zero-order chi connectivity index (χ0) is 21.7. The third-order valence-electron chi connectivity index (χ3n) is 7.53. The number of benzene rings is 2. The normalized spacial score (nSPS) is 30.7. The Morgan fingerprint density at radius 1 is 1.00 bits per heavy atom. The van der Waals surface area contributed by atoms with Crippen molar-refractivity contribution in [2.45, 2.75) is 38.5 Å². The van der Waals surface area contributed by atoms with Crippen LogP contribution in [0.3, 0.4) is 0 Å². The molecular weight excluding hydrogens is 410 g/mol. The van der Waals surface area contributed by atoms with Crippen molar-refractivity contribution in [2.24, 2.45) is 28.8 Å². The number of aryl methyl sites for hydroxylation is 1. The van der Waals surface area contributed by atoms with Crippen molar-refractivity contribution in [3.05, 3.63) is 58.6 Å². The first kappa shape index (κ1) is 20.4. The van der Waals surface area contributed by atoms with Crippen LogP contribution >= 0.6 is 11.6 Å². The van der Waals surface area contributed by atoms with Gasteiger partial charge in [-0.1, -0.05) is 47.9 Å². The number of fused-ring (bicyclic) bond motifs is 2. The highest BCUT2D eigenvalue weighted by Gasteiger charge is 2.61. The van der Waals surface area contributed by atoms with Crippen LogP contribution in [0.15, 0.2) is 47.6 Å². The van der Waals surface area contributed by atoms with Crippen LogP contribution in [0.5, 0.6) is 0 Å². The summed E-state index contributed by atoms with van der Waals surface area (Å²) < 4.78 is 0. The molecule has 160 valence electrons. The number of hydrogen-bond donors (Lipinski definition) is 0. The smallest absolute Gasteiger partial charge is 0.152 e. The number of Topliss-reactive ketones (excluding diaryl/α,β-unsaturated/α-hetero) is 2. The van der Waals surface area contributed by atoms with Gasteiger partial charge in [0, 0.05) is 22.8 Å². The molecule has 2 bridgehead atoms. The maximum absolute atomic E-state index is 13.7. The molecule has 4 aliphatic rings. The first-order valence-electron chi connectivity index (χ1n) is 11.1. The summed E-state index contributed by atoms with van der Waals surface area (Å²) >= 11 is 6.05. The van der Waals surface area contributed by atoms with Crippen LogP contribution < -0.4 is 0 Å². The van der Waals surface area contributed by atoms with Gasteiger partial charge in [0.05, 0.1) is 5.71 Å². The van der Waals surface area contributed by atoms with Crippen LogP contribution in [0.4, 0.5) is 0 Å². The molecule has 5 atom stereocenters. The van der Waals surface area contributed by atoms with Crippen LogP contribution in [0.1, 0.15) is 43.2 Å². The van der Waals surface area contributed by atoms with Gasteiger partial charge in [0.2, 0.25) is 0 Å². The van der Waals surface area contributed by atoms with Gasteiger partial charge in [0.1, 0.15) is 13.0 Å². The molecule has 5 heteroatoms. The predicted octanol–water partition coefficient (Wildman–Crippen LogP) is 5.47. The van der Waals surface area contributed by atoms with Crippen LogP contribution in [0.2, 0.25) is 5.02 Å². The second-order valence-corrected chi connectivity index (χ2v) is 9.41. The standard InChI is InChI=1S/C26H26ClNO3/c1-3-14-4-5-16(15-6-9-18(27)10-7-15)12-20(14)24-25(29)22-17-8-11-19(23(22)26(24)30)21(13-17)28-31-2/h4-7,9-10,12,17,19,22-24H,3,8,11,13H2,1-2H3/t17-,19+,22+,23-,24?/m1/s1. The highest BCUT2D eigenvalue weighted by atomic mass is 35.5. The Balaban J connectivity index is 1.57. The number of carbonyl (C=O) groups is 2. The minimum absolute atomic E-state index is 0.0425. The van der Waals surface area contributed by atoms with E-state index in [1.54, 1.807) is 7.11 Å². The molecule has 6 rings (SSSR count). The number of oxime groups is 1. The molecule has 0 N–H and O–H groups in total. The van der Waals surface area contributed by atoms with Crippen molar-refractivity contribution in [3.8, 4) is 11.1 Å². The first-order chi connectivity index (χ1) is 15.0. The van der Waals surface area contributed by atoms with Gasteiger partial charge in [-0.15, -0.1) is 0 Å². The summed E-state index contributed by atoms with van der Waals surface area (Å²) in [5.41, 5.74) is 4.94. The lowest BCUT2D eigenvalue weighted by Gasteiger charge is -2.44. The van der Waals surface area contributed by atoms with Gasteiger partial charge in [0.15, 0.2) is 11.6 Å². The molecule has 0 aliphatic heterocycles. The summed E-state index contributed by atoms with van der Waals surface area (Å²) in [5, 5.41) is 4.90. The van der Waals surface area contributed by atoms with E-state index in [9.17, 15) is 9.59 Å². The fraction of sp³-hybridized carbons (Fsp3) is 0.423. The van der Waals surface area contributed by atoms with E-state index in [0.29, 0.717) is 5.02 Å². The van der Waals surface area contributed by atoms with E-state index in [-0.39, 0.29) is 35.2 Å². The Labute approximate surface area is 187 Å². The molecule has 4 nitrogen and oxygen atoms in total. The first-order valence-corrected chi connectivity index (χ1v) is 11.5. The van der Waals surface area contributed by atoms with Crippen LogP contribution in [0, 0.1) is 23.7 Å². The van der Waals surface area contributed by atoms with Gasteiger partial charge < -0.3 is 4.84 Å². The molecule has 0 amide bonds. The molecule has 31 heavy (non-hydrogen) atoms. The van der Waals surface area contributed by atoms with Crippen LogP contribution in [0.25, 0.3) is 11.1 Å². The maximum atomic E-state index is 13.7. The van der Waals surface area contributed by atoms with Crippen molar-refractivity contribution in [2.75, 3.05) is 7.11 Å². The fourth-order valence-corrected chi connectivity index (χ4v) is 6.29. The van der Waals surface area contributed by atoms with E-state index in [4.69, 9.17) is 16.4 Å². The Bertz CT molecular complexity index is 1070. The number of nitrogens with zero attached hydrogens (tertiary/aromatic N) is 1. The van der Waals surface area contributed by atoms with Crippen molar-refractivity contribution in [1.29, 1.82) is 0 Å². The molecule has 0 heterocycles. The van der Waals surface area contributed by atoms with Gasteiger partial charge in [0.25, 0.3) is 0 Å². The van der Waals surface area contributed by atoms with Crippen LogP contribution in [-0.4, -0.2) is 24.4 Å². The Morgan fingerprint density at radius 3 is 2.42 bits per heavy atom. The molecule has 0 spiro atoms. The summed E-state index contributed by atoms with van der Waals surface area (Å²) in [5.74, 6) is -0.642. The largest absolute Gasteiger partial charge is 0.399 e. The van der Waals surface area contributed by atoms with Crippen molar-refractivity contribution >= 4 is 28.9 Å². The molecule has 0 radical (unpaired) electrons. The van der Waals surface area contributed by atoms with E-state index in [2.05, 4.69) is 24.2 Å². The summed E-state index contributed by atoms with van der Waals surface area (Å²) in [6, 6.07) is 13.8. The molecule has 4 fully saturated rings. The fourth-order valence-electron chi connectivity index (χ4n) is 6.17. The van der Waals surface area contributed by atoms with Gasteiger partial charge >= 0.3 is 0 Å². The third kappa shape index (κ3) is 3.23. The van der Waals surface area contributed by atoms with Gasteiger partial charge in [-0.2, -0.15) is 0 Å². The summed E-state index contributed by atoms with van der Waals surface area (Å²) in [7, 11) is 1.55. The minimum atomic E-state index is -0.665. The van der Waals surface area contributed by atoms with E-state index >= 15 is 0 Å². The lowest BCUT2D eigenvalue weighted by molar-refractivity contribution is -0.125. The van der Waals surface area contributed by atoms with E-state index in [1.165, 1.54) is 0 Å². The number of rotatable bonds is 4. The number of ketones is 2. The predicted molar refractivity (Wildman–Crippen MR) is 121 cm³/mol. The zero-order valence-electron chi connectivity index (χ0n) is 17.8. The lowest BCUT2D eigenvalue weighted by atomic mass is 9.58. The van der Waals surface area contributed by atoms with Gasteiger partial charge in [-0.3, -0.25) is 9.59 Å². The Hall–Kier alpha value is -2.46. The molecule has 4 saturated carbocycles. The average molecular weight is 436 g/mol. The molecule has 2 aromatic rings. The molecule has 0 saturated heterocycles. The van der Waals surface area contributed by atoms with Gasteiger partial charge in [-0.05, 0) is 72.1 Å². The molecule has 2 aromatic carbocycles. The van der Waals surface area contributed by atoms with Gasteiger partial charge in [-0.25, -0.2) is 0 Å². The summed E-state index contributed by atoms with van der Waals surface area (Å²) in [6.07, 6.45) is 3.47. The quantitative estimate of drug-likeness (QED) is 0.472. The SMILES string of the molecule is CCc1ccc(-c2ccc(Cl)cc2)cc1C1C(=O)[C@H]2[C@@H]3CC[C@@H](C(=NOC)C3)[C@H]2C1=O. The number of carbonyl (C=O) groups excluding carboxylic acids is 2. The van der Waals surface area contributed by atoms with E-state index in [1.807, 2.05) is 30.3 Å². The van der Waals surface area contributed by atoms with E-state index < -0.39 is 5.92 Å². The lowest BCUT2D eigenvalue weighted by Crippen LogP contribution is -2.47. The van der Waals surface area contributed by atoms with Crippen molar-refractivity contribution in [1.82, 2.24) is 0 Å².